The number of ether oxygens (including phenoxy) is 5. The number of aliphatic hydroxyl groups is 2. The molecule has 10 atom stereocenters. The molecule has 2 fully saturated rings. The van der Waals surface area contributed by atoms with Gasteiger partial charge in [-0.3, -0.25) is 14.4 Å². The van der Waals surface area contributed by atoms with Gasteiger partial charge in [-0.25, -0.2) is 0 Å². The second-order valence-corrected chi connectivity index (χ2v) is 13.3. The van der Waals surface area contributed by atoms with Crippen LogP contribution in [0.4, 0.5) is 0 Å². The predicted octanol–water partition coefficient (Wildman–Crippen LogP) is 3.54. The highest BCUT2D eigenvalue weighted by molar-refractivity contribution is 6.31. The van der Waals surface area contributed by atoms with Crippen LogP contribution in [0.3, 0.4) is 0 Å². The third-order valence-electron chi connectivity index (χ3n) is 10.2. The maximum absolute atomic E-state index is 13.9. The molecule has 0 spiro atoms. The second-order valence-electron chi connectivity index (χ2n) is 13.3. The van der Waals surface area contributed by atoms with Crippen LogP contribution in [0, 0.1) is 5.92 Å². The summed E-state index contributed by atoms with van der Waals surface area (Å²) < 4.78 is 29.8. The molecule has 2 aromatic rings. The Balaban J connectivity index is 1.36. The summed E-state index contributed by atoms with van der Waals surface area (Å²) in [4.78, 5) is 43.3. The number of phenols is 2. The average molecular weight is 682 g/mol. The van der Waals surface area contributed by atoms with Gasteiger partial charge in [0.15, 0.2) is 24.1 Å². The molecule has 0 amide bonds. The standard InChI is InChI=1S/C34H39N3O12/c1-13-9-22(46-14(2)28(13)39)49-33-15(3)47-23(10-19(33)36-37-35)48-21-12-34(44,16(4)38)11-18-25(21)32(43)27-26(30(18)41)29(40)17-7-6-8-20(45-5)24(17)31(27)42/h6-8,13-15,19,21-23,28,33,39,41,43-44H,9-12H2,1-5H3/t13?,14?,15?,19?,21-,22?,23?,28?,33?,34-/m0/s1. The molecule has 4 aliphatic rings. The molecular weight excluding hydrogens is 642 g/mol. The molecule has 0 radical (unpaired) electrons. The van der Waals surface area contributed by atoms with Crippen molar-refractivity contribution in [2.45, 2.75) is 108 Å². The van der Waals surface area contributed by atoms with E-state index in [1.807, 2.05) is 6.92 Å². The van der Waals surface area contributed by atoms with Gasteiger partial charge in [-0.05, 0) is 38.3 Å². The van der Waals surface area contributed by atoms with E-state index >= 15 is 0 Å². The molecule has 2 aliphatic heterocycles. The fourth-order valence-electron chi connectivity index (χ4n) is 7.51. The molecule has 4 N–H and O–H groups in total. The number of rotatable bonds is 7. The zero-order valence-electron chi connectivity index (χ0n) is 27.7. The molecule has 49 heavy (non-hydrogen) atoms. The largest absolute Gasteiger partial charge is 0.507 e. The number of carbonyl (C=O) groups is 3. The van der Waals surface area contributed by atoms with Gasteiger partial charge in [0, 0.05) is 47.3 Å². The summed E-state index contributed by atoms with van der Waals surface area (Å²) in [6.07, 6.45) is -6.35. The number of hydrogen-bond acceptors (Lipinski definition) is 13. The lowest BCUT2D eigenvalue weighted by Gasteiger charge is -2.44. The summed E-state index contributed by atoms with van der Waals surface area (Å²) in [5, 5.41) is 49.0. The van der Waals surface area contributed by atoms with E-state index in [-0.39, 0.29) is 40.3 Å². The molecule has 262 valence electrons. The van der Waals surface area contributed by atoms with Gasteiger partial charge < -0.3 is 44.1 Å². The summed E-state index contributed by atoms with van der Waals surface area (Å²) in [6, 6.07) is 3.58. The summed E-state index contributed by atoms with van der Waals surface area (Å²) in [5.41, 5.74) is 6.07. The van der Waals surface area contributed by atoms with E-state index in [9.17, 15) is 40.3 Å². The van der Waals surface area contributed by atoms with Crippen molar-refractivity contribution in [3.8, 4) is 17.2 Å². The normalized spacial score (nSPS) is 33.9. The van der Waals surface area contributed by atoms with E-state index in [4.69, 9.17) is 23.7 Å². The fraction of sp³-hybridized carbons (Fsp3) is 0.559. The molecule has 0 aromatic heterocycles. The first-order chi connectivity index (χ1) is 23.2. The van der Waals surface area contributed by atoms with E-state index in [0.717, 1.165) is 0 Å². The lowest BCUT2D eigenvalue weighted by Crippen LogP contribution is -2.53. The molecule has 15 nitrogen and oxygen atoms in total. The highest BCUT2D eigenvalue weighted by atomic mass is 16.7. The first kappa shape index (κ1) is 34.8. The van der Waals surface area contributed by atoms with Crippen molar-refractivity contribution in [3.05, 3.63) is 62.0 Å². The van der Waals surface area contributed by atoms with E-state index < -0.39 is 108 Å². The maximum atomic E-state index is 13.9. The number of aromatic hydroxyl groups is 2. The number of azide groups is 1. The lowest BCUT2D eigenvalue weighted by atomic mass is 9.72. The molecule has 0 bridgehead atoms. The van der Waals surface area contributed by atoms with E-state index in [1.165, 1.54) is 32.2 Å². The molecule has 2 aromatic carbocycles. The number of benzene rings is 2. The van der Waals surface area contributed by atoms with Crippen LogP contribution in [0.5, 0.6) is 17.2 Å². The Labute approximate surface area is 281 Å². The first-order valence-corrected chi connectivity index (χ1v) is 16.1. The summed E-state index contributed by atoms with van der Waals surface area (Å²) >= 11 is 0. The summed E-state index contributed by atoms with van der Waals surface area (Å²) in [6.45, 7) is 6.46. The number of methoxy groups -OCH3 is 1. The van der Waals surface area contributed by atoms with Crippen molar-refractivity contribution in [3.63, 3.8) is 0 Å². The monoisotopic (exact) mass is 681 g/mol. The van der Waals surface area contributed by atoms with Crippen molar-refractivity contribution in [2.24, 2.45) is 11.0 Å². The topological polar surface area (TPSA) is 227 Å². The van der Waals surface area contributed by atoms with Crippen LogP contribution in [-0.4, -0.2) is 93.5 Å². The number of hydrogen-bond donors (Lipinski definition) is 4. The van der Waals surface area contributed by atoms with Crippen molar-refractivity contribution >= 4 is 17.3 Å². The number of aliphatic hydroxyl groups excluding tert-OH is 1. The van der Waals surface area contributed by atoms with Gasteiger partial charge >= 0.3 is 0 Å². The minimum absolute atomic E-state index is 0.0406. The number of nitrogens with zero attached hydrogens (tertiary/aromatic N) is 3. The molecular formula is C34H39N3O12. The zero-order valence-corrected chi connectivity index (χ0v) is 27.7. The van der Waals surface area contributed by atoms with Gasteiger partial charge in [-0.1, -0.05) is 24.2 Å². The molecule has 8 unspecified atom stereocenters. The number of ketones is 3. The molecule has 0 saturated carbocycles. The van der Waals surface area contributed by atoms with Crippen LogP contribution in [0.15, 0.2) is 23.3 Å². The smallest absolute Gasteiger partial charge is 0.202 e. The molecule has 2 saturated heterocycles. The zero-order chi connectivity index (χ0) is 35.5. The predicted molar refractivity (Wildman–Crippen MR) is 168 cm³/mol. The second kappa shape index (κ2) is 13.0. The number of carbonyl (C=O) groups excluding carboxylic acids is 3. The minimum atomic E-state index is -2.08. The van der Waals surface area contributed by atoms with E-state index in [1.54, 1.807) is 13.8 Å². The van der Waals surface area contributed by atoms with Gasteiger partial charge in [-0.15, -0.1) is 0 Å². The lowest BCUT2D eigenvalue weighted by molar-refractivity contribution is -0.298. The average Bonchev–Trinajstić information content (AvgIpc) is 3.05. The minimum Gasteiger partial charge on any atom is -0.507 e. The fourth-order valence-corrected chi connectivity index (χ4v) is 7.51. The van der Waals surface area contributed by atoms with Crippen molar-refractivity contribution in [1.29, 1.82) is 0 Å². The Kier molecular flexibility index (Phi) is 9.22. The van der Waals surface area contributed by atoms with Gasteiger partial charge in [0.1, 0.15) is 22.8 Å². The van der Waals surface area contributed by atoms with Gasteiger partial charge in [0.25, 0.3) is 0 Å². The molecule has 2 aliphatic carbocycles. The number of fused-ring (bicyclic) bond motifs is 3. The Bertz CT molecular complexity index is 1750. The SMILES string of the molecule is COc1cccc2c1C(=O)c1c(O)c3c(c(O)c1C2=O)C[C@@](O)(C(C)=O)C[C@@H]3OC1CC(N=[N+]=[N-])C(OC2CC(C)C(O)C(C)O2)C(C)O1. The van der Waals surface area contributed by atoms with Crippen LogP contribution < -0.4 is 4.74 Å². The van der Waals surface area contributed by atoms with Crippen molar-refractivity contribution in [1.82, 2.24) is 0 Å². The number of Topliss-reactive ketones (excluding diaryl/α,β-unsaturated/α-hetero) is 1. The van der Waals surface area contributed by atoms with Gasteiger partial charge in [0.05, 0.1) is 60.4 Å². The Morgan fingerprint density at radius 2 is 1.67 bits per heavy atom. The highest BCUT2D eigenvalue weighted by Crippen LogP contribution is 2.52. The van der Waals surface area contributed by atoms with Crippen molar-refractivity contribution in [2.75, 3.05) is 7.11 Å². The Morgan fingerprint density at radius 1 is 1.00 bits per heavy atom. The number of phenolic OH excluding ortho intramolecular Hbond substituents is 2. The maximum Gasteiger partial charge on any atom is 0.202 e. The molecule has 6 rings (SSSR count). The Hall–Kier alpha value is -4.08. The van der Waals surface area contributed by atoms with Crippen LogP contribution in [0.25, 0.3) is 10.4 Å². The third-order valence-corrected chi connectivity index (χ3v) is 10.2. The van der Waals surface area contributed by atoms with Crippen LogP contribution in [0.1, 0.15) is 96.0 Å². The first-order valence-electron chi connectivity index (χ1n) is 16.1. The quantitative estimate of drug-likeness (QED) is 0.122. The van der Waals surface area contributed by atoms with Crippen molar-refractivity contribution < 1.29 is 58.5 Å². The Morgan fingerprint density at radius 3 is 2.33 bits per heavy atom. The van der Waals surface area contributed by atoms with Crippen LogP contribution in [0.2, 0.25) is 0 Å². The van der Waals surface area contributed by atoms with Crippen LogP contribution >= 0.6 is 0 Å². The summed E-state index contributed by atoms with van der Waals surface area (Å²) in [5.74, 6) is -3.49. The van der Waals surface area contributed by atoms with Gasteiger partial charge in [-0.2, -0.15) is 0 Å². The summed E-state index contributed by atoms with van der Waals surface area (Å²) in [7, 11) is 1.33. The highest BCUT2D eigenvalue weighted by Gasteiger charge is 2.50. The van der Waals surface area contributed by atoms with Gasteiger partial charge in [0.2, 0.25) is 5.78 Å². The van der Waals surface area contributed by atoms with Crippen LogP contribution in [-0.2, 0) is 30.2 Å². The molecule has 2 heterocycles. The third kappa shape index (κ3) is 5.84. The molecule has 15 heteroatoms. The van der Waals surface area contributed by atoms with E-state index in [2.05, 4.69) is 10.0 Å². The van der Waals surface area contributed by atoms with E-state index in [0.29, 0.717) is 6.42 Å².